The highest BCUT2D eigenvalue weighted by atomic mass is 32.2. The summed E-state index contributed by atoms with van der Waals surface area (Å²) in [5.74, 6) is 1.73. The number of benzene rings is 1. The van der Waals surface area contributed by atoms with Crippen molar-refractivity contribution in [2.24, 2.45) is 0 Å². The number of amides is 1. The van der Waals surface area contributed by atoms with Crippen LogP contribution in [0.3, 0.4) is 0 Å². The smallest absolute Gasteiger partial charge is 0.239 e. The number of aromatic nitrogens is 4. The van der Waals surface area contributed by atoms with Gasteiger partial charge in [0.2, 0.25) is 11.9 Å². The van der Waals surface area contributed by atoms with Gasteiger partial charge in [0.15, 0.2) is 11.0 Å². The number of carbonyl (C=O) groups is 1. The predicted molar refractivity (Wildman–Crippen MR) is 118 cm³/mol. The molecule has 1 fully saturated rings. The van der Waals surface area contributed by atoms with E-state index in [2.05, 4.69) is 42.3 Å². The SMILES string of the molecule is CCC(Sc1nnc(N2CCOCC2)n1Cc1ccccc1)C(=O)Nc1cc(C)on1. The lowest BCUT2D eigenvalue weighted by molar-refractivity contribution is -0.115. The molecule has 10 heteroatoms. The first-order valence-corrected chi connectivity index (χ1v) is 11.2. The normalized spacial score (nSPS) is 15.1. The van der Waals surface area contributed by atoms with Gasteiger partial charge in [-0.1, -0.05) is 54.2 Å². The van der Waals surface area contributed by atoms with E-state index in [9.17, 15) is 4.79 Å². The van der Waals surface area contributed by atoms with Crippen LogP contribution >= 0.6 is 11.8 Å². The standard InChI is InChI=1S/C21H26N6O3S/c1-3-17(19(28)22-18-13-15(2)30-25-18)31-21-24-23-20(26-9-11-29-12-10-26)27(21)14-16-7-5-4-6-8-16/h4-8,13,17H,3,9-12,14H2,1-2H3,(H,22,25,28). The van der Waals surface area contributed by atoms with Gasteiger partial charge >= 0.3 is 0 Å². The van der Waals surface area contributed by atoms with Gasteiger partial charge in [0.25, 0.3) is 0 Å². The second-order valence-corrected chi connectivity index (χ2v) is 8.45. The lowest BCUT2D eigenvalue weighted by Gasteiger charge is -2.28. The van der Waals surface area contributed by atoms with Gasteiger partial charge in [-0.15, -0.1) is 10.2 Å². The molecule has 9 nitrogen and oxygen atoms in total. The highest BCUT2D eigenvalue weighted by Gasteiger charge is 2.26. The van der Waals surface area contributed by atoms with Crippen molar-refractivity contribution in [1.29, 1.82) is 0 Å². The van der Waals surface area contributed by atoms with E-state index >= 15 is 0 Å². The summed E-state index contributed by atoms with van der Waals surface area (Å²) in [6.07, 6.45) is 0.637. The number of nitrogens with one attached hydrogen (secondary N) is 1. The third-order valence-electron chi connectivity index (χ3n) is 4.96. The Kier molecular flexibility index (Phi) is 6.88. The number of ether oxygens (including phenoxy) is 1. The topological polar surface area (TPSA) is 98.3 Å². The lowest BCUT2D eigenvalue weighted by Crippen LogP contribution is -2.38. The Balaban J connectivity index is 1.56. The largest absolute Gasteiger partial charge is 0.378 e. The molecule has 2 aromatic heterocycles. The van der Waals surface area contributed by atoms with Gasteiger partial charge in [0.05, 0.1) is 25.0 Å². The molecule has 1 N–H and O–H groups in total. The van der Waals surface area contributed by atoms with E-state index in [-0.39, 0.29) is 11.2 Å². The molecule has 3 heterocycles. The molecule has 0 radical (unpaired) electrons. The van der Waals surface area contributed by atoms with Gasteiger partial charge in [0, 0.05) is 19.2 Å². The molecule has 164 valence electrons. The van der Waals surface area contributed by atoms with Crippen LogP contribution in [0.5, 0.6) is 0 Å². The molecular weight excluding hydrogens is 416 g/mol. The Morgan fingerprint density at radius 1 is 1.23 bits per heavy atom. The number of aryl methyl sites for hydroxylation is 1. The molecule has 1 unspecified atom stereocenters. The third-order valence-corrected chi connectivity index (χ3v) is 6.31. The van der Waals surface area contributed by atoms with Crippen LogP contribution in [0.1, 0.15) is 24.7 Å². The van der Waals surface area contributed by atoms with Crippen LogP contribution in [0.4, 0.5) is 11.8 Å². The molecule has 1 atom stereocenters. The Hall–Kier alpha value is -2.85. The predicted octanol–water partition coefficient (Wildman–Crippen LogP) is 2.97. The van der Waals surface area contributed by atoms with E-state index in [0.29, 0.717) is 42.9 Å². The Morgan fingerprint density at radius 2 is 2.00 bits per heavy atom. The molecule has 0 spiro atoms. The first kappa shape index (κ1) is 21.4. The zero-order valence-electron chi connectivity index (χ0n) is 17.7. The molecule has 4 rings (SSSR count). The maximum Gasteiger partial charge on any atom is 0.239 e. The summed E-state index contributed by atoms with van der Waals surface area (Å²) in [5, 5.41) is 16.0. The number of hydrogen-bond acceptors (Lipinski definition) is 8. The third kappa shape index (κ3) is 5.26. The Labute approximate surface area is 185 Å². The molecule has 1 saturated heterocycles. The summed E-state index contributed by atoms with van der Waals surface area (Å²) < 4.78 is 12.6. The number of rotatable bonds is 8. The average Bonchev–Trinajstić information content (AvgIpc) is 3.39. The van der Waals surface area contributed by atoms with Gasteiger partial charge in [0.1, 0.15) is 5.76 Å². The van der Waals surface area contributed by atoms with Gasteiger partial charge in [-0.05, 0) is 18.9 Å². The summed E-state index contributed by atoms with van der Waals surface area (Å²) in [6.45, 7) is 7.25. The van der Waals surface area contributed by atoms with Crippen molar-refractivity contribution in [3.63, 3.8) is 0 Å². The Morgan fingerprint density at radius 3 is 2.68 bits per heavy atom. The van der Waals surface area contributed by atoms with Crippen LogP contribution in [0.25, 0.3) is 0 Å². The van der Waals surface area contributed by atoms with Crippen molar-refractivity contribution >= 4 is 29.4 Å². The van der Waals surface area contributed by atoms with Crippen molar-refractivity contribution in [2.45, 2.75) is 37.2 Å². The second-order valence-electron chi connectivity index (χ2n) is 7.28. The fraction of sp³-hybridized carbons (Fsp3) is 0.429. The first-order valence-electron chi connectivity index (χ1n) is 10.3. The number of anilines is 2. The van der Waals surface area contributed by atoms with Crippen LogP contribution in [0.15, 0.2) is 46.1 Å². The number of thioether (sulfide) groups is 1. The van der Waals surface area contributed by atoms with Crippen molar-refractivity contribution in [1.82, 2.24) is 19.9 Å². The van der Waals surface area contributed by atoms with Crippen molar-refractivity contribution in [3.8, 4) is 0 Å². The van der Waals surface area contributed by atoms with Gasteiger partial charge in [-0.3, -0.25) is 9.36 Å². The van der Waals surface area contributed by atoms with Gasteiger partial charge < -0.3 is 19.5 Å². The van der Waals surface area contributed by atoms with Crippen molar-refractivity contribution in [3.05, 3.63) is 47.7 Å². The van der Waals surface area contributed by atoms with E-state index in [1.54, 1.807) is 13.0 Å². The quantitative estimate of drug-likeness (QED) is 0.532. The average molecular weight is 443 g/mol. The molecule has 1 aliphatic heterocycles. The maximum atomic E-state index is 12.8. The Bertz CT molecular complexity index is 1000. The molecule has 0 saturated carbocycles. The molecule has 0 bridgehead atoms. The second kappa shape index (κ2) is 9.97. The van der Waals surface area contributed by atoms with Crippen LogP contribution in [-0.2, 0) is 16.1 Å². The zero-order valence-corrected chi connectivity index (χ0v) is 18.5. The highest BCUT2D eigenvalue weighted by molar-refractivity contribution is 8.00. The van der Waals surface area contributed by atoms with E-state index < -0.39 is 0 Å². The van der Waals surface area contributed by atoms with Crippen LogP contribution in [0.2, 0.25) is 0 Å². The monoisotopic (exact) mass is 442 g/mol. The maximum absolute atomic E-state index is 12.8. The van der Waals surface area contributed by atoms with Gasteiger partial charge in [-0.2, -0.15) is 0 Å². The number of morpholine rings is 1. The summed E-state index contributed by atoms with van der Waals surface area (Å²) in [5.41, 5.74) is 1.15. The minimum Gasteiger partial charge on any atom is -0.378 e. The minimum atomic E-state index is -0.340. The summed E-state index contributed by atoms with van der Waals surface area (Å²) in [6, 6.07) is 11.9. The molecule has 3 aromatic rings. The molecule has 1 amide bonds. The first-order chi connectivity index (χ1) is 15.1. The summed E-state index contributed by atoms with van der Waals surface area (Å²) in [4.78, 5) is 15.0. The molecule has 0 aliphatic carbocycles. The molecule has 31 heavy (non-hydrogen) atoms. The zero-order chi connectivity index (χ0) is 21.6. The van der Waals surface area contributed by atoms with Crippen LogP contribution in [-0.4, -0.2) is 57.4 Å². The fourth-order valence-electron chi connectivity index (χ4n) is 3.35. The fourth-order valence-corrected chi connectivity index (χ4v) is 4.30. The molecule has 1 aromatic carbocycles. The number of nitrogens with zero attached hydrogens (tertiary/aromatic N) is 5. The van der Waals surface area contributed by atoms with Crippen molar-refractivity contribution in [2.75, 3.05) is 36.5 Å². The number of hydrogen-bond donors (Lipinski definition) is 1. The minimum absolute atomic E-state index is 0.136. The molecular formula is C21H26N6O3S. The highest BCUT2D eigenvalue weighted by Crippen LogP contribution is 2.29. The van der Waals surface area contributed by atoms with E-state index in [0.717, 1.165) is 24.6 Å². The van der Waals surface area contributed by atoms with Crippen LogP contribution < -0.4 is 10.2 Å². The molecule has 1 aliphatic rings. The van der Waals surface area contributed by atoms with Gasteiger partial charge in [-0.25, -0.2) is 0 Å². The van der Waals surface area contributed by atoms with Crippen molar-refractivity contribution < 1.29 is 14.1 Å². The van der Waals surface area contributed by atoms with E-state index in [1.165, 1.54) is 11.8 Å². The van der Waals surface area contributed by atoms with Crippen LogP contribution in [0, 0.1) is 6.92 Å². The number of carbonyl (C=O) groups excluding carboxylic acids is 1. The lowest BCUT2D eigenvalue weighted by atomic mass is 10.2. The van der Waals surface area contributed by atoms with E-state index in [1.807, 2.05) is 25.1 Å². The summed E-state index contributed by atoms with van der Waals surface area (Å²) >= 11 is 1.41. The van der Waals surface area contributed by atoms with E-state index in [4.69, 9.17) is 9.26 Å². The summed E-state index contributed by atoms with van der Waals surface area (Å²) in [7, 11) is 0.